The van der Waals surface area contributed by atoms with E-state index in [0.29, 0.717) is 24.6 Å². The van der Waals surface area contributed by atoms with Crippen molar-refractivity contribution in [2.24, 2.45) is 5.92 Å². The molecule has 2 amide bonds. The Balaban J connectivity index is 1.61. The molecule has 1 N–H and O–H groups in total. The van der Waals surface area contributed by atoms with Gasteiger partial charge in [0.1, 0.15) is 5.75 Å². The Morgan fingerprint density at radius 2 is 2.12 bits per heavy atom. The number of carbonyl (C=O) groups is 2. The van der Waals surface area contributed by atoms with Crippen molar-refractivity contribution in [1.29, 1.82) is 0 Å². The van der Waals surface area contributed by atoms with Crippen molar-refractivity contribution in [3.05, 3.63) is 23.8 Å². The van der Waals surface area contributed by atoms with Gasteiger partial charge in [-0.1, -0.05) is 25.8 Å². The monoisotopic (exact) mass is 330 g/mol. The summed E-state index contributed by atoms with van der Waals surface area (Å²) in [5.74, 6) is 1.19. The summed E-state index contributed by atoms with van der Waals surface area (Å²) in [5.41, 5.74) is 1.84. The number of carbonyl (C=O) groups excluding carboxylic acids is 2. The van der Waals surface area contributed by atoms with Crippen LogP contribution in [0.4, 0.5) is 5.69 Å². The van der Waals surface area contributed by atoms with Gasteiger partial charge in [-0.15, -0.1) is 0 Å². The van der Waals surface area contributed by atoms with E-state index in [2.05, 4.69) is 12.2 Å². The first-order valence-electron chi connectivity index (χ1n) is 8.88. The molecule has 1 aliphatic carbocycles. The molecular formula is C19H26N2O3. The summed E-state index contributed by atoms with van der Waals surface area (Å²) < 4.78 is 5.47. The summed E-state index contributed by atoms with van der Waals surface area (Å²) >= 11 is 0. The Kier molecular flexibility index (Phi) is 5.07. The fourth-order valence-electron chi connectivity index (χ4n) is 3.58. The molecule has 24 heavy (non-hydrogen) atoms. The number of aryl methyl sites for hydroxylation is 1. The van der Waals surface area contributed by atoms with Gasteiger partial charge in [-0.2, -0.15) is 0 Å². The van der Waals surface area contributed by atoms with Crippen LogP contribution < -0.4 is 15.0 Å². The Morgan fingerprint density at radius 3 is 2.92 bits per heavy atom. The van der Waals surface area contributed by atoms with Gasteiger partial charge in [-0.3, -0.25) is 9.59 Å². The summed E-state index contributed by atoms with van der Waals surface area (Å²) in [5, 5.41) is 3.15. The zero-order chi connectivity index (χ0) is 17.1. The minimum absolute atomic E-state index is 0.0299. The van der Waals surface area contributed by atoms with Crippen molar-refractivity contribution in [2.45, 2.75) is 52.0 Å². The predicted octanol–water partition coefficient (Wildman–Crippen LogP) is 2.81. The van der Waals surface area contributed by atoms with Crippen molar-refractivity contribution >= 4 is 17.5 Å². The number of hydrogen-bond acceptors (Lipinski definition) is 3. The van der Waals surface area contributed by atoms with Gasteiger partial charge < -0.3 is 15.0 Å². The molecule has 1 saturated carbocycles. The van der Waals surface area contributed by atoms with Gasteiger partial charge in [0.05, 0.1) is 5.69 Å². The number of hydrogen-bond donors (Lipinski definition) is 1. The molecule has 5 heteroatoms. The van der Waals surface area contributed by atoms with Crippen LogP contribution in [0.1, 0.15) is 44.6 Å². The normalized spacial score (nSPS) is 23.4. The van der Waals surface area contributed by atoms with E-state index >= 15 is 0 Å². The molecule has 0 unspecified atom stereocenters. The second-order valence-corrected chi connectivity index (χ2v) is 6.99. The lowest BCUT2D eigenvalue weighted by Crippen LogP contribution is -2.44. The first-order valence-corrected chi connectivity index (χ1v) is 8.88. The molecule has 0 bridgehead atoms. The summed E-state index contributed by atoms with van der Waals surface area (Å²) in [6, 6.07) is 6.06. The number of nitrogens with zero attached hydrogens (tertiary/aromatic N) is 1. The third-order valence-corrected chi connectivity index (χ3v) is 5.08. The van der Waals surface area contributed by atoms with Crippen LogP contribution in [0.15, 0.2) is 18.2 Å². The maximum atomic E-state index is 12.3. The molecule has 0 saturated heterocycles. The lowest BCUT2D eigenvalue weighted by Gasteiger charge is -2.31. The van der Waals surface area contributed by atoms with Crippen LogP contribution in [-0.4, -0.2) is 31.0 Å². The van der Waals surface area contributed by atoms with Crippen molar-refractivity contribution in [2.75, 3.05) is 18.1 Å². The van der Waals surface area contributed by atoms with Crippen LogP contribution in [-0.2, 0) is 9.59 Å². The highest BCUT2D eigenvalue weighted by atomic mass is 16.5. The first kappa shape index (κ1) is 16.8. The summed E-state index contributed by atoms with van der Waals surface area (Å²) in [7, 11) is 0. The second-order valence-electron chi connectivity index (χ2n) is 6.99. The molecule has 3 rings (SSSR count). The van der Waals surface area contributed by atoms with E-state index in [1.807, 2.05) is 25.1 Å². The number of ether oxygens (including phenoxy) is 1. The third kappa shape index (κ3) is 3.71. The Hall–Kier alpha value is -2.04. The highest BCUT2D eigenvalue weighted by Gasteiger charge is 2.27. The molecule has 0 radical (unpaired) electrons. The maximum absolute atomic E-state index is 12.3. The molecular weight excluding hydrogens is 304 g/mol. The molecule has 1 aliphatic heterocycles. The van der Waals surface area contributed by atoms with Crippen molar-refractivity contribution < 1.29 is 14.3 Å². The van der Waals surface area contributed by atoms with Gasteiger partial charge >= 0.3 is 0 Å². The smallest absolute Gasteiger partial charge is 0.265 e. The molecule has 0 aromatic heterocycles. The zero-order valence-corrected chi connectivity index (χ0v) is 14.5. The van der Waals surface area contributed by atoms with E-state index in [-0.39, 0.29) is 24.5 Å². The molecule has 130 valence electrons. The average molecular weight is 330 g/mol. The lowest BCUT2D eigenvalue weighted by atomic mass is 9.86. The summed E-state index contributed by atoms with van der Waals surface area (Å²) in [6.45, 7) is 4.62. The van der Waals surface area contributed by atoms with Crippen molar-refractivity contribution in [3.8, 4) is 5.75 Å². The lowest BCUT2D eigenvalue weighted by molar-refractivity contribution is -0.122. The Bertz CT molecular complexity index is 629. The van der Waals surface area contributed by atoms with Gasteiger partial charge in [0.2, 0.25) is 5.91 Å². The molecule has 2 atom stereocenters. The van der Waals surface area contributed by atoms with Crippen molar-refractivity contribution in [3.63, 3.8) is 0 Å². The Labute approximate surface area is 143 Å². The van der Waals surface area contributed by atoms with Crippen LogP contribution in [0, 0.1) is 12.8 Å². The number of amides is 2. The molecule has 1 aromatic rings. The van der Waals surface area contributed by atoms with E-state index in [1.165, 1.54) is 19.3 Å². The van der Waals surface area contributed by atoms with Gasteiger partial charge in [-0.05, 0) is 43.4 Å². The molecule has 1 aromatic carbocycles. The first-order chi connectivity index (χ1) is 11.5. The highest BCUT2D eigenvalue weighted by molar-refractivity contribution is 5.98. The maximum Gasteiger partial charge on any atom is 0.265 e. The van der Waals surface area contributed by atoms with Crippen LogP contribution in [0.5, 0.6) is 5.75 Å². The largest absolute Gasteiger partial charge is 0.482 e. The van der Waals surface area contributed by atoms with E-state index in [1.54, 1.807) is 4.90 Å². The number of nitrogens with one attached hydrogen (secondary N) is 1. The fourth-order valence-corrected chi connectivity index (χ4v) is 3.58. The highest BCUT2D eigenvalue weighted by Crippen LogP contribution is 2.33. The van der Waals surface area contributed by atoms with Gasteiger partial charge in [0.25, 0.3) is 5.91 Å². The second kappa shape index (κ2) is 7.24. The van der Waals surface area contributed by atoms with Crippen molar-refractivity contribution in [1.82, 2.24) is 5.32 Å². The number of anilines is 1. The van der Waals surface area contributed by atoms with Crippen LogP contribution in [0.25, 0.3) is 0 Å². The van der Waals surface area contributed by atoms with Gasteiger partial charge in [0, 0.05) is 19.0 Å². The van der Waals surface area contributed by atoms with E-state index in [4.69, 9.17) is 4.74 Å². The van der Waals surface area contributed by atoms with E-state index in [9.17, 15) is 9.59 Å². The molecule has 0 spiro atoms. The average Bonchev–Trinajstić information content (AvgIpc) is 2.56. The minimum atomic E-state index is -0.0908. The molecule has 1 heterocycles. The predicted molar refractivity (Wildman–Crippen MR) is 93.2 cm³/mol. The SMILES string of the molecule is Cc1ccc2c(c1)N(CCC(=O)N[C@H]1CCCC[C@@H]1C)C(=O)CO2. The van der Waals surface area contributed by atoms with E-state index < -0.39 is 0 Å². The van der Waals surface area contributed by atoms with Gasteiger partial charge in [-0.25, -0.2) is 0 Å². The standard InChI is InChI=1S/C19H26N2O3/c1-13-7-8-17-16(11-13)21(19(23)12-24-17)10-9-18(22)20-15-6-4-3-5-14(15)2/h7-8,11,14-15H,3-6,9-10,12H2,1-2H3,(H,20,22)/t14-,15-/m0/s1. The van der Waals surface area contributed by atoms with Crippen LogP contribution >= 0.6 is 0 Å². The third-order valence-electron chi connectivity index (χ3n) is 5.08. The minimum Gasteiger partial charge on any atom is -0.482 e. The number of benzene rings is 1. The van der Waals surface area contributed by atoms with Gasteiger partial charge in [0.15, 0.2) is 6.61 Å². The van der Waals surface area contributed by atoms with Crippen LogP contribution in [0.2, 0.25) is 0 Å². The fraction of sp³-hybridized carbons (Fsp3) is 0.579. The van der Waals surface area contributed by atoms with E-state index in [0.717, 1.165) is 17.7 Å². The zero-order valence-electron chi connectivity index (χ0n) is 14.5. The molecule has 5 nitrogen and oxygen atoms in total. The number of rotatable bonds is 4. The molecule has 2 aliphatic rings. The Morgan fingerprint density at radius 1 is 1.33 bits per heavy atom. The summed E-state index contributed by atoms with van der Waals surface area (Å²) in [6.07, 6.45) is 5.00. The summed E-state index contributed by atoms with van der Waals surface area (Å²) in [4.78, 5) is 26.2. The topological polar surface area (TPSA) is 58.6 Å². The number of fused-ring (bicyclic) bond motifs is 1. The quantitative estimate of drug-likeness (QED) is 0.923. The van der Waals surface area contributed by atoms with Crippen LogP contribution in [0.3, 0.4) is 0 Å². The molecule has 1 fully saturated rings.